The molecule has 174 valence electrons. The fourth-order valence-electron chi connectivity index (χ4n) is 3.87. The summed E-state index contributed by atoms with van der Waals surface area (Å²) in [5.41, 5.74) is 0.389. The van der Waals surface area contributed by atoms with Gasteiger partial charge in [-0.3, -0.25) is 9.59 Å². The molecule has 0 bridgehead atoms. The lowest BCUT2D eigenvalue weighted by Crippen LogP contribution is -2.53. The van der Waals surface area contributed by atoms with Crippen molar-refractivity contribution in [3.63, 3.8) is 0 Å². The summed E-state index contributed by atoms with van der Waals surface area (Å²) in [6.07, 6.45) is 8.75. The zero-order chi connectivity index (χ0) is 22.8. The van der Waals surface area contributed by atoms with Crippen molar-refractivity contribution in [2.75, 3.05) is 0 Å². The van der Waals surface area contributed by atoms with Gasteiger partial charge in [0.1, 0.15) is 23.1 Å². The number of carbonyl (C=O) groups is 2. The summed E-state index contributed by atoms with van der Waals surface area (Å²) < 4.78 is 5.71. The second kappa shape index (κ2) is 12.8. The first-order valence-electron chi connectivity index (χ1n) is 11.5. The van der Waals surface area contributed by atoms with Crippen LogP contribution in [0.15, 0.2) is 29.6 Å². The average Bonchev–Trinajstić information content (AvgIpc) is 3.27. The van der Waals surface area contributed by atoms with Crippen molar-refractivity contribution in [3.8, 4) is 5.75 Å². The van der Waals surface area contributed by atoms with Gasteiger partial charge in [-0.15, -0.1) is 11.3 Å². The molecule has 1 saturated carbocycles. The topological polar surface area (TPSA) is 80.3 Å². The Balaban J connectivity index is 1.48. The highest BCUT2D eigenvalue weighted by molar-refractivity contribution is 7.09. The lowest BCUT2D eigenvalue weighted by molar-refractivity contribution is -0.122. The summed E-state index contributed by atoms with van der Waals surface area (Å²) in [6.45, 7) is 2.45. The molecule has 8 heteroatoms. The van der Waals surface area contributed by atoms with Crippen LogP contribution in [0, 0.1) is 0 Å². The number of hydrogen-bond acceptors (Lipinski definition) is 5. The van der Waals surface area contributed by atoms with Crippen molar-refractivity contribution in [2.45, 2.75) is 83.4 Å². The number of rotatable bonds is 11. The number of unbranched alkanes of at least 4 members (excludes halogenated alkanes) is 3. The van der Waals surface area contributed by atoms with E-state index in [2.05, 4.69) is 22.5 Å². The van der Waals surface area contributed by atoms with Gasteiger partial charge in [0.05, 0.1) is 0 Å². The Kier molecular flexibility index (Phi) is 9.81. The fraction of sp³-hybridized carbons (Fsp3) is 0.542. The van der Waals surface area contributed by atoms with Gasteiger partial charge < -0.3 is 15.4 Å². The van der Waals surface area contributed by atoms with Gasteiger partial charge >= 0.3 is 0 Å². The summed E-state index contributed by atoms with van der Waals surface area (Å²) in [5, 5.41) is 9.37. The first-order chi connectivity index (χ1) is 15.5. The van der Waals surface area contributed by atoms with Crippen LogP contribution in [0.1, 0.15) is 80.2 Å². The van der Waals surface area contributed by atoms with Crippen LogP contribution in [0.4, 0.5) is 0 Å². The Morgan fingerprint density at radius 2 is 1.81 bits per heavy atom. The maximum atomic E-state index is 12.8. The largest absolute Gasteiger partial charge is 0.486 e. The molecule has 2 aromatic rings. The maximum absolute atomic E-state index is 12.8. The Morgan fingerprint density at radius 3 is 2.53 bits per heavy atom. The summed E-state index contributed by atoms with van der Waals surface area (Å²) in [4.78, 5) is 29.5. The van der Waals surface area contributed by atoms with Crippen LogP contribution in [-0.2, 0) is 11.4 Å². The van der Waals surface area contributed by atoms with E-state index >= 15 is 0 Å². The van der Waals surface area contributed by atoms with Crippen molar-refractivity contribution < 1.29 is 14.3 Å². The maximum Gasteiger partial charge on any atom is 0.271 e. The van der Waals surface area contributed by atoms with Gasteiger partial charge in [-0.1, -0.05) is 50.6 Å². The van der Waals surface area contributed by atoms with E-state index in [4.69, 9.17) is 16.3 Å². The molecule has 0 aliphatic heterocycles. The second-order valence-corrected chi connectivity index (χ2v) is 9.60. The third-order valence-electron chi connectivity index (χ3n) is 5.65. The zero-order valence-electron chi connectivity index (χ0n) is 18.6. The van der Waals surface area contributed by atoms with E-state index in [1.54, 1.807) is 29.6 Å². The van der Waals surface area contributed by atoms with Crippen molar-refractivity contribution in [2.24, 2.45) is 0 Å². The van der Waals surface area contributed by atoms with Gasteiger partial charge in [-0.2, -0.15) is 0 Å². The highest BCUT2D eigenvalue weighted by atomic mass is 35.5. The number of thiazole rings is 1. The van der Waals surface area contributed by atoms with E-state index in [0.717, 1.165) is 56.4 Å². The Hall–Kier alpha value is -2.12. The summed E-state index contributed by atoms with van der Waals surface area (Å²) >= 11 is 7.28. The second-order valence-electron chi connectivity index (χ2n) is 8.22. The normalized spacial score (nSPS) is 18.2. The Morgan fingerprint density at radius 1 is 1.09 bits per heavy atom. The van der Waals surface area contributed by atoms with Gasteiger partial charge in [0.2, 0.25) is 5.91 Å². The monoisotopic (exact) mass is 477 g/mol. The molecule has 0 saturated heterocycles. The van der Waals surface area contributed by atoms with Gasteiger partial charge in [0, 0.05) is 28.9 Å². The van der Waals surface area contributed by atoms with E-state index in [9.17, 15) is 9.59 Å². The van der Waals surface area contributed by atoms with Gasteiger partial charge in [-0.05, 0) is 43.5 Å². The molecule has 3 rings (SSSR count). The number of hydrogen-bond donors (Lipinski definition) is 2. The smallest absolute Gasteiger partial charge is 0.271 e. The SMILES string of the molecule is CCCCCCC(=O)N[C@@H]1CCCC[C@@H]1NC(=O)c1csc(COc2ccc(Cl)cc2)n1. The summed E-state index contributed by atoms with van der Waals surface area (Å²) in [6, 6.07) is 7.05. The molecule has 0 spiro atoms. The molecular weight excluding hydrogens is 446 g/mol. The van der Waals surface area contributed by atoms with Crippen molar-refractivity contribution >= 4 is 34.8 Å². The molecule has 1 heterocycles. The van der Waals surface area contributed by atoms with Crippen LogP contribution < -0.4 is 15.4 Å². The Labute approximate surface area is 199 Å². The molecule has 0 unspecified atom stereocenters. The first-order valence-corrected chi connectivity index (χ1v) is 12.7. The third-order valence-corrected chi connectivity index (χ3v) is 6.72. The number of benzene rings is 1. The van der Waals surface area contributed by atoms with Gasteiger partial charge in [0.25, 0.3) is 5.91 Å². The minimum atomic E-state index is -0.201. The molecular formula is C24H32ClN3O3S. The van der Waals surface area contributed by atoms with Gasteiger partial charge in [-0.25, -0.2) is 4.98 Å². The van der Waals surface area contributed by atoms with Crippen LogP contribution in [-0.4, -0.2) is 28.9 Å². The number of carbonyl (C=O) groups excluding carboxylic acids is 2. The van der Waals surface area contributed by atoms with Crippen LogP contribution in [0.2, 0.25) is 5.02 Å². The fourth-order valence-corrected chi connectivity index (χ4v) is 4.68. The van der Waals surface area contributed by atoms with E-state index < -0.39 is 0 Å². The molecule has 2 amide bonds. The van der Waals surface area contributed by atoms with Crippen LogP contribution >= 0.6 is 22.9 Å². The summed E-state index contributed by atoms with van der Waals surface area (Å²) in [7, 11) is 0. The third kappa shape index (κ3) is 7.78. The molecule has 6 nitrogen and oxygen atoms in total. The molecule has 1 aromatic heterocycles. The minimum Gasteiger partial charge on any atom is -0.486 e. The highest BCUT2D eigenvalue weighted by Gasteiger charge is 2.28. The number of aromatic nitrogens is 1. The highest BCUT2D eigenvalue weighted by Crippen LogP contribution is 2.21. The molecule has 1 aliphatic carbocycles. The molecule has 2 atom stereocenters. The number of ether oxygens (including phenoxy) is 1. The number of nitrogens with zero attached hydrogens (tertiary/aromatic N) is 1. The van der Waals surface area contributed by atoms with Gasteiger partial charge in [0.15, 0.2) is 0 Å². The lowest BCUT2D eigenvalue weighted by Gasteiger charge is -2.32. The lowest BCUT2D eigenvalue weighted by atomic mass is 9.90. The molecule has 1 aromatic carbocycles. The molecule has 2 N–H and O–H groups in total. The van der Waals surface area contributed by atoms with Crippen molar-refractivity contribution in [1.29, 1.82) is 0 Å². The van der Waals surface area contributed by atoms with E-state index in [1.165, 1.54) is 11.3 Å². The van der Waals surface area contributed by atoms with Crippen LogP contribution in [0.3, 0.4) is 0 Å². The minimum absolute atomic E-state index is 0.0160. The quantitative estimate of drug-likeness (QED) is 0.418. The molecule has 1 fully saturated rings. The van der Waals surface area contributed by atoms with E-state index in [0.29, 0.717) is 29.5 Å². The number of halogens is 1. The van der Waals surface area contributed by atoms with E-state index in [-0.39, 0.29) is 23.9 Å². The summed E-state index contributed by atoms with van der Waals surface area (Å²) in [5.74, 6) is 0.585. The number of nitrogens with one attached hydrogen (secondary N) is 2. The first kappa shape index (κ1) is 24.5. The van der Waals surface area contributed by atoms with Crippen LogP contribution in [0.5, 0.6) is 5.75 Å². The van der Waals surface area contributed by atoms with Crippen LogP contribution in [0.25, 0.3) is 0 Å². The van der Waals surface area contributed by atoms with E-state index in [1.807, 2.05) is 0 Å². The van der Waals surface area contributed by atoms with Crippen molar-refractivity contribution in [3.05, 3.63) is 45.4 Å². The predicted octanol–water partition coefficient (Wildman–Crippen LogP) is 5.50. The molecule has 1 aliphatic rings. The Bertz CT molecular complexity index is 872. The molecule has 32 heavy (non-hydrogen) atoms. The average molecular weight is 478 g/mol. The standard InChI is InChI=1S/C24H32ClN3O3S/c1-2-3-4-5-10-22(29)26-19-8-6-7-9-20(19)28-24(30)21-16-32-23(27-21)15-31-18-13-11-17(25)12-14-18/h11-14,16,19-20H,2-10,15H2,1H3,(H,26,29)(H,28,30)/t19-,20+/m1/s1. The zero-order valence-corrected chi connectivity index (χ0v) is 20.1. The molecule has 0 radical (unpaired) electrons. The number of amides is 2. The van der Waals surface area contributed by atoms with Crippen molar-refractivity contribution in [1.82, 2.24) is 15.6 Å². The predicted molar refractivity (Wildman–Crippen MR) is 128 cm³/mol.